The molecule has 0 fully saturated rings. The molecule has 0 unspecified atom stereocenters. The summed E-state index contributed by atoms with van der Waals surface area (Å²) in [4.78, 5) is 38.1. The van der Waals surface area contributed by atoms with Gasteiger partial charge in [0.05, 0.1) is 21.3 Å². The maximum Gasteiger partial charge on any atom is 0.345 e. The first-order valence-corrected chi connectivity index (χ1v) is 14.4. The first-order chi connectivity index (χ1) is 19.1. The average Bonchev–Trinajstić information content (AvgIpc) is 2.90. The summed E-state index contributed by atoms with van der Waals surface area (Å²) < 4.78 is 7.58. The van der Waals surface area contributed by atoms with Gasteiger partial charge in [0.2, 0.25) is 0 Å². The minimum atomic E-state index is -0.703. The topological polar surface area (TPSA) is 96.9 Å². The zero-order chi connectivity index (χ0) is 28.8. The second kappa shape index (κ2) is 13.6. The van der Waals surface area contributed by atoms with E-state index in [9.17, 15) is 14.4 Å². The molecule has 202 valence electrons. The van der Waals surface area contributed by atoms with Gasteiger partial charge in [-0.2, -0.15) is 5.10 Å². The molecule has 4 aromatic carbocycles. The molecule has 2 amide bonds. The Morgan fingerprint density at radius 2 is 1.55 bits per heavy atom. The standard InChI is InChI=1S/C28H16Br3Cl2N3O4/c29-18-6-4-15(5-7-18)26(37)35-21-3-1-2-16(11-21)27(38)36-34-14-17-10-19(30)12-23(31)25(17)40-28(39)22-9-8-20(32)13-24(22)33/h1-14H,(H,35,37)(H,36,38). The molecule has 0 aliphatic rings. The largest absolute Gasteiger partial charge is 0.421 e. The summed E-state index contributed by atoms with van der Waals surface area (Å²) in [6.07, 6.45) is 1.33. The van der Waals surface area contributed by atoms with Crippen LogP contribution in [-0.2, 0) is 0 Å². The highest BCUT2D eigenvalue weighted by molar-refractivity contribution is 9.11. The first kappa shape index (κ1) is 30.0. The van der Waals surface area contributed by atoms with Crippen LogP contribution in [0.25, 0.3) is 0 Å². The van der Waals surface area contributed by atoms with Gasteiger partial charge in [0, 0.05) is 36.3 Å². The van der Waals surface area contributed by atoms with Crippen molar-refractivity contribution in [3.63, 3.8) is 0 Å². The van der Waals surface area contributed by atoms with Crippen molar-refractivity contribution in [1.29, 1.82) is 0 Å². The van der Waals surface area contributed by atoms with Gasteiger partial charge < -0.3 is 10.1 Å². The molecule has 0 aliphatic carbocycles. The first-order valence-electron chi connectivity index (χ1n) is 11.3. The minimum Gasteiger partial charge on any atom is -0.421 e. The molecule has 0 radical (unpaired) electrons. The third-order valence-electron chi connectivity index (χ3n) is 5.24. The van der Waals surface area contributed by atoms with E-state index in [1.807, 2.05) is 0 Å². The van der Waals surface area contributed by atoms with E-state index in [1.165, 1.54) is 30.5 Å². The van der Waals surface area contributed by atoms with Crippen molar-refractivity contribution >= 4 is 101 Å². The van der Waals surface area contributed by atoms with Crippen molar-refractivity contribution in [2.45, 2.75) is 0 Å². The van der Waals surface area contributed by atoms with Gasteiger partial charge in [-0.1, -0.05) is 61.1 Å². The molecule has 0 bridgehead atoms. The number of hydrazone groups is 1. The van der Waals surface area contributed by atoms with Gasteiger partial charge in [-0.3, -0.25) is 9.59 Å². The van der Waals surface area contributed by atoms with Gasteiger partial charge in [0.1, 0.15) is 0 Å². The molecule has 7 nitrogen and oxygen atoms in total. The number of nitrogens with zero attached hydrogens (tertiary/aromatic N) is 1. The van der Waals surface area contributed by atoms with E-state index in [0.717, 1.165) is 4.47 Å². The molecule has 0 spiro atoms. The van der Waals surface area contributed by atoms with E-state index in [1.54, 1.807) is 54.6 Å². The number of ether oxygens (including phenoxy) is 1. The number of esters is 1. The van der Waals surface area contributed by atoms with E-state index < -0.39 is 11.9 Å². The molecule has 4 rings (SSSR count). The summed E-state index contributed by atoms with van der Waals surface area (Å²) in [5.74, 6) is -1.37. The molecular weight excluding hydrogens is 753 g/mol. The third kappa shape index (κ3) is 7.80. The normalized spacial score (nSPS) is 10.8. The molecule has 0 saturated heterocycles. The van der Waals surface area contributed by atoms with Crippen LogP contribution in [0.2, 0.25) is 10.0 Å². The average molecular weight is 769 g/mol. The number of halogens is 5. The predicted molar refractivity (Wildman–Crippen MR) is 167 cm³/mol. The molecule has 0 saturated carbocycles. The second-order valence-electron chi connectivity index (χ2n) is 8.06. The summed E-state index contributed by atoms with van der Waals surface area (Å²) in [7, 11) is 0. The van der Waals surface area contributed by atoms with E-state index in [4.69, 9.17) is 27.9 Å². The lowest BCUT2D eigenvalue weighted by Crippen LogP contribution is -2.18. The van der Waals surface area contributed by atoms with Gasteiger partial charge in [-0.15, -0.1) is 0 Å². The minimum absolute atomic E-state index is 0.129. The molecule has 12 heteroatoms. The fraction of sp³-hybridized carbons (Fsp3) is 0. The van der Waals surface area contributed by atoms with Crippen molar-refractivity contribution in [3.05, 3.63) is 125 Å². The molecular formula is C28H16Br3Cl2N3O4. The molecule has 0 aliphatic heterocycles. The van der Waals surface area contributed by atoms with Gasteiger partial charge in [0.15, 0.2) is 5.75 Å². The Hall–Kier alpha value is -3.02. The van der Waals surface area contributed by atoms with Gasteiger partial charge in [-0.25, -0.2) is 10.2 Å². The van der Waals surface area contributed by atoms with Crippen LogP contribution >= 0.6 is 71.0 Å². The quantitative estimate of drug-likeness (QED) is 0.0853. The second-order valence-corrected chi connectivity index (χ2v) is 11.6. The Kier molecular flexibility index (Phi) is 10.2. The van der Waals surface area contributed by atoms with Crippen LogP contribution in [-0.4, -0.2) is 24.0 Å². The number of hydrogen-bond donors (Lipinski definition) is 2. The van der Waals surface area contributed by atoms with Crippen molar-refractivity contribution in [2.24, 2.45) is 5.10 Å². The van der Waals surface area contributed by atoms with Crippen molar-refractivity contribution in [2.75, 3.05) is 5.32 Å². The Morgan fingerprint density at radius 3 is 2.27 bits per heavy atom. The zero-order valence-electron chi connectivity index (χ0n) is 20.1. The Bertz CT molecular complexity index is 1650. The summed E-state index contributed by atoms with van der Waals surface area (Å²) >= 11 is 22.2. The number of carbonyl (C=O) groups excluding carboxylic acids is 3. The van der Waals surface area contributed by atoms with Crippen molar-refractivity contribution in [1.82, 2.24) is 5.43 Å². The van der Waals surface area contributed by atoms with E-state index in [2.05, 4.69) is 63.6 Å². The molecule has 4 aromatic rings. The zero-order valence-corrected chi connectivity index (χ0v) is 26.3. The molecule has 0 heterocycles. The Morgan fingerprint density at radius 1 is 0.800 bits per heavy atom. The smallest absolute Gasteiger partial charge is 0.345 e. The van der Waals surface area contributed by atoms with Gasteiger partial charge in [0.25, 0.3) is 11.8 Å². The van der Waals surface area contributed by atoms with E-state index in [0.29, 0.717) is 30.8 Å². The van der Waals surface area contributed by atoms with Crippen LogP contribution in [0.3, 0.4) is 0 Å². The van der Waals surface area contributed by atoms with Crippen LogP contribution in [0, 0.1) is 0 Å². The van der Waals surface area contributed by atoms with Crippen molar-refractivity contribution in [3.8, 4) is 5.75 Å². The predicted octanol–water partition coefficient (Wildman–Crippen LogP) is 8.52. The van der Waals surface area contributed by atoms with Crippen LogP contribution in [0.1, 0.15) is 36.6 Å². The lowest BCUT2D eigenvalue weighted by Gasteiger charge is -2.11. The highest BCUT2D eigenvalue weighted by Gasteiger charge is 2.18. The van der Waals surface area contributed by atoms with E-state index in [-0.39, 0.29) is 27.8 Å². The fourth-order valence-electron chi connectivity index (χ4n) is 3.35. The SMILES string of the molecule is O=C(NN=Cc1cc(Br)cc(Br)c1OC(=O)c1ccc(Cl)cc1Cl)c1cccc(NC(=O)c2ccc(Br)cc2)c1. The van der Waals surface area contributed by atoms with Crippen LogP contribution in [0.4, 0.5) is 5.69 Å². The number of amides is 2. The number of benzene rings is 4. The fourth-order valence-corrected chi connectivity index (χ4v) is 5.44. The van der Waals surface area contributed by atoms with Crippen LogP contribution in [0.5, 0.6) is 5.75 Å². The Balaban J connectivity index is 1.47. The lowest BCUT2D eigenvalue weighted by molar-refractivity contribution is 0.0732. The summed E-state index contributed by atoms with van der Waals surface area (Å²) in [5.41, 5.74) is 4.13. The highest BCUT2D eigenvalue weighted by atomic mass is 79.9. The monoisotopic (exact) mass is 765 g/mol. The van der Waals surface area contributed by atoms with Gasteiger partial charge >= 0.3 is 5.97 Å². The Labute approximate surface area is 264 Å². The lowest BCUT2D eigenvalue weighted by atomic mass is 10.1. The molecule has 2 N–H and O–H groups in total. The maximum atomic E-state index is 12.8. The molecule has 0 atom stereocenters. The van der Waals surface area contributed by atoms with Gasteiger partial charge in [-0.05, 0) is 88.7 Å². The molecule has 40 heavy (non-hydrogen) atoms. The number of hydrogen-bond acceptors (Lipinski definition) is 5. The number of rotatable bonds is 7. The van der Waals surface area contributed by atoms with Crippen LogP contribution in [0.15, 0.2) is 97.4 Å². The molecule has 0 aromatic heterocycles. The maximum absolute atomic E-state index is 12.8. The number of nitrogens with one attached hydrogen (secondary N) is 2. The highest BCUT2D eigenvalue weighted by Crippen LogP contribution is 2.33. The van der Waals surface area contributed by atoms with Crippen LogP contribution < -0.4 is 15.5 Å². The summed E-state index contributed by atoms with van der Waals surface area (Å²) in [6.45, 7) is 0. The third-order valence-corrected chi connectivity index (χ3v) is 7.37. The summed E-state index contributed by atoms with van der Waals surface area (Å²) in [5, 5.41) is 7.31. The summed E-state index contributed by atoms with van der Waals surface area (Å²) in [6, 6.07) is 21.1. The number of carbonyl (C=O) groups is 3. The number of anilines is 1. The van der Waals surface area contributed by atoms with E-state index >= 15 is 0 Å². The van der Waals surface area contributed by atoms with Crippen molar-refractivity contribution < 1.29 is 19.1 Å².